The van der Waals surface area contributed by atoms with Gasteiger partial charge in [-0.1, -0.05) is 44.2 Å². The lowest BCUT2D eigenvalue weighted by Crippen LogP contribution is -2.59. The third kappa shape index (κ3) is 9.80. The Morgan fingerprint density at radius 1 is 0.897 bits per heavy atom. The molecule has 4 amide bonds. The largest absolute Gasteiger partial charge is 0.394 e. The highest BCUT2D eigenvalue weighted by atomic mass is 19.3. The van der Waals surface area contributed by atoms with E-state index in [1.54, 1.807) is 23.5 Å². The van der Waals surface area contributed by atoms with Crippen LogP contribution < -0.4 is 27.0 Å². The Hall–Kier alpha value is -3.78. The second kappa shape index (κ2) is 15.0. The van der Waals surface area contributed by atoms with Crippen molar-refractivity contribution in [3.63, 3.8) is 0 Å². The highest BCUT2D eigenvalue weighted by molar-refractivity contribution is 6.11. The summed E-state index contributed by atoms with van der Waals surface area (Å²) in [7, 11) is 0. The Labute approximate surface area is 224 Å². The summed E-state index contributed by atoms with van der Waals surface area (Å²) in [6, 6.07) is 0.769. The van der Waals surface area contributed by atoms with E-state index in [0.717, 1.165) is 0 Å². The summed E-state index contributed by atoms with van der Waals surface area (Å²) >= 11 is 0. The van der Waals surface area contributed by atoms with Gasteiger partial charge in [0.1, 0.15) is 18.1 Å². The van der Waals surface area contributed by atoms with Crippen LogP contribution in [0.5, 0.6) is 0 Å². The highest BCUT2D eigenvalue weighted by Crippen LogP contribution is 2.20. The SMILES string of the molecule is CC(NC(=O)C(N)CO)C(=O)NC(C)C(=O)NC(Cc1ccccc1)C(=O)C(F)(F)C(=O)NC([C]=O)C(C)C. The zero-order valence-corrected chi connectivity index (χ0v) is 22.0. The van der Waals surface area contributed by atoms with Crippen LogP contribution in [0.3, 0.4) is 0 Å². The predicted octanol–water partition coefficient (Wildman–Crippen LogP) is -1.50. The van der Waals surface area contributed by atoms with E-state index < -0.39 is 84.5 Å². The van der Waals surface area contributed by atoms with Gasteiger partial charge in [0.2, 0.25) is 29.8 Å². The number of Topliss-reactive ketones (excluding diaryl/α,β-unsaturated/α-hetero) is 1. The van der Waals surface area contributed by atoms with Crippen molar-refractivity contribution in [3.8, 4) is 0 Å². The van der Waals surface area contributed by atoms with Crippen molar-refractivity contribution in [1.29, 1.82) is 0 Å². The van der Waals surface area contributed by atoms with Crippen LogP contribution in [-0.2, 0) is 35.2 Å². The number of alkyl halides is 2. The molecule has 0 aliphatic heterocycles. The van der Waals surface area contributed by atoms with Gasteiger partial charge in [-0.3, -0.25) is 28.8 Å². The molecule has 7 N–H and O–H groups in total. The Kier molecular flexibility index (Phi) is 12.8. The molecule has 1 aromatic rings. The van der Waals surface area contributed by atoms with Crippen molar-refractivity contribution in [2.45, 2.75) is 70.2 Å². The van der Waals surface area contributed by atoms with Gasteiger partial charge in [-0.05, 0) is 25.3 Å². The summed E-state index contributed by atoms with van der Waals surface area (Å²) in [5.41, 5.74) is 5.76. The number of carbonyl (C=O) groups is 5. The number of halogens is 2. The number of aliphatic hydroxyl groups is 1. The lowest BCUT2D eigenvalue weighted by Gasteiger charge is -2.26. The Morgan fingerprint density at radius 2 is 1.41 bits per heavy atom. The first-order chi connectivity index (χ1) is 18.1. The van der Waals surface area contributed by atoms with Gasteiger partial charge >= 0.3 is 5.92 Å². The molecule has 14 heteroatoms. The van der Waals surface area contributed by atoms with Crippen LogP contribution in [0.1, 0.15) is 33.3 Å². The number of hydrogen-bond donors (Lipinski definition) is 6. The molecule has 39 heavy (non-hydrogen) atoms. The molecular weight excluding hydrogens is 520 g/mol. The Bertz CT molecular complexity index is 1040. The fraction of sp³-hybridized carbons (Fsp3) is 0.520. The smallest absolute Gasteiger partial charge is 0.383 e. The molecule has 12 nitrogen and oxygen atoms in total. The lowest BCUT2D eigenvalue weighted by atomic mass is 9.97. The molecule has 0 bridgehead atoms. The van der Waals surface area contributed by atoms with Crippen LogP contribution in [0.2, 0.25) is 0 Å². The number of amides is 4. The van der Waals surface area contributed by atoms with Crippen molar-refractivity contribution < 1.29 is 42.7 Å². The third-order valence-corrected chi connectivity index (χ3v) is 5.63. The fourth-order valence-corrected chi connectivity index (χ4v) is 3.12. The molecule has 5 unspecified atom stereocenters. The zero-order valence-electron chi connectivity index (χ0n) is 22.0. The molecule has 0 aliphatic rings. The van der Waals surface area contributed by atoms with E-state index in [0.29, 0.717) is 5.56 Å². The summed E-state index contributed by atoms with van der Waals surface area (Å²) < 4.78 is 29.9. The first kappa shape index (κ1) is 33.2. The molecule has 0 saturated carbocycles. The highest BCUT2D eigenvalue weighted by Gasteiger charge is 2.51. The standard InChI is InChI=1S/C25H34F2N5O7/c1-13(2)19(12-34)32-24(39)25(26,27)20(35)18(10-16-8-6-5-7-9-16)31-22(37)15(4)29-21(36)14(3)30-23(38)17(28)11-33/h5-9,13-15,17-19,33H,10-11,28H2,1-4H3,(H,29,36)(H,30,38)(H,31,37)(H,32,39). The van der Waals surface area contributed by atoms with Crippen LogP contribution in [0.25, 0.3) is 0 Å². The van der Waals surface area contributed by atoms with E-state index in [-0.39, 0.29) is 0 Å². The number of benzene rings is 1. The van der Waals surface area contributed by atoms with E-state index in [4.69, 9.17) is 10.8 Å². The molecule has 0 aliphatic carbocycles. The third-order valence-electron chi connectivity index (χ3n) is 5.63. The normalized spacial score (nSPS) is 15.2. The van der Waals surface area contributed by atoms with Gasteiger partial charge in [0.15, 0.2) is 0 Å². The number of hydrogen-bond acceptors (Lipinski definition) is 8. The first-order valence-corrected chi connectivity index (χ1v) is 12.1. The monoisotopic (exact) mass is 554 g/mol. The molecule has 0 fully saturated rings. The molecular formula is C25H34F2N5O7. The van der Waals surface area contributed by atoms with Crippen molar-refractivity contribution in [1.82, 2.24) is 21.3 Å². The second-order valence-electron chi connectivity index (χ2n) is 9.25. The Balaban J connectivity index is 3.06. The summed E-state index contributed by atoms with van der Waals surface area (Å²) in [4.78, 5) is 73.0. The minimum atomic E-state index is -4.62. The molecule has 5 atom stereocenters. The minimum Gasteiger partial charge on any atom is -0.394 e. The molecule has 1 rings (SSSR count). The number of ketones is 1. The number of aliphatic hydroxyl groups excluding tert-OH is 1. The Morgan fingerprint density at radius 3 is 1.90 bits per heavy atom. The van der Waals surface area contributed by atoms with Gasteiger partial charge in [-0.25, -0.2) is 0 Å². The maximum Gasteiger partial charge on any atom is 0.383 e. The average molecular weight is 555 g/mol. The van der Waals surface area contributed by atoms with Crippen molar-refractivity contribution in [2.24, 2.45) is 11.7 Å². The molecule has 215 valence electrons. The molecule has 0 heterocycles. The maximum absolute atomic E-state index is 14.9. The molecule has 0 saturated heterocycles. The van der Waals surface area contributed by atoms with E-state index in [1.165, 1.54) is 46.1 Å². The average Bonchev–Trinajstić information content (AvgIpc) is 2.90. The van der Waals surface area contributed by atoms with Crippen LogP contribution >= 0.6 is 0 Å². The van der Waals surface area contributed by atoms with Crippen molar-refractivity contribution in [2.75, 3.05) is 6.61 Å². The number of nitrogens with one attached hydrogen (secondary N) is 4. The maximum atomic E-state index is 14.9. The summed E-state index contributed by atoms with van der Waals surface area (Å²) in [5.74, 6) is -11.8. The number of rotatable bonds is 15. The van der Waals surface area contributed by atoms with Crippen LogP contribution in [0.15, 0.2) is 30.3 Å². The number of carbonyl (C=O) groups excluding carboxylic acids is 6. The molecule has 0 spiro atoms. The molecule has 0 aromatic heterocycles. The van der Waals surface area contributed by atoms with Crippen molar-refractivity contribution in [3.05, 3.63) is 35.9 Å². The van der Waals surface area contributed by atoms with Gasteiger partial charge in [0, 0.05) is 6.42 Å². The fourth-order valence-electron chi connectivity index (χ4n) is 3.12. The minimum absolute atomic E-state index is 0.391. The summed E-state index contributed by atoms with van der Waals surface area (Å²) in [5, 5.41) is 17.4. The molecule has 1 radical (unpaired) electrons. The van der Waals surface area contributed by atoms with E-state index in [2.05, 4.69) is 16.0 Å². The summed E-state index contributed by atoms with van der Waals surface area (Å²) in [6.45, 7) is 4.80. The van der Waals surface area contributed by atoms with E-state index in [1.807, 2.05) is 0 Å². The molecule has 1 aromatic carbocycles. The summed E-state index contributed by atoms with van der Waals surface area (Å²) in [6.07, 6.45) is 1.02. The predicted molar refractivity (Wildman–Crippen MR) is 135 cm³/mol. The lowest BCUT2D eigenvalue weighted by molar-refractivity contribution is -0.160. The number of nitrogens with two attached hydrogens (primary N) is 1. The van der Waals surface area contributed by atoms with Gasteiger partial charge in [0.05, 0.1) is 18.7 Å². The van der Waals surface area contributed by atoms with Crippen LogP contribution in [0, 0.1) is 5.92 Å². The van der Waals surface area contributed by atoms with Gasteiger partial charge in [-0.2, -0.15) is 8.78 Å². The van der Waals surface area contributed by atoms with Crippen LogP contribution in [0.4, 0.5) is 8.78 Å². The zero-order chi connectivity index (χ0) is 29.9. The quantitative estimate of drug-likeness (QED) is 0.141. The van der Waals surface area contributed by atoms with E-state index in [9.17, 15) is 37.5 Å². The first-order valence-electron chi connectivity index (χ1n) is 12.1. The van der Waals surface area contributed by atoms with Gasteiger partial charge < -0.3 is 32.1 Å². The van der Waals surface area contributed by atoms with Crippen molar-refractivity contribution >= 4 is 35.7 Å². The van der Waals surface area contributed by atoms with Crippen LogP contribution in [-0.4, -0.2) is 83.5 Å². The van der Waals surface area contributed by atoms with Gasteiger partial charge in [-0.15, -0.1) is 0 Å². The van der Waals surface area contributed by atoms with E-state index >= 15 is 0 Å². The van der Waals surface area contributed by atoms with Gasteiger partial charge in [0.25, 0.3) is 5.91 Å². The topological polar surface area (TPSA) is 197 Å². The second-order valence-corrected chi connectivity index (χ2v) is 9.25.